The van der Waals surface area contributed by atoms with E-state index >= 15 is 0 Å². The van der Waals surface area contributed by atoms with Gasteiger partial charge in [-0.25, -0.2) is 12.7 Å². The average molecular weight is 567 g/mol. The van der Waals surface area contributed by atoms with Gasteiger partial charge in [0.25, 0.3) is 10.0 Å². The van der Waals surface area contributed by atoms with E-state index in [0.29, 0.717) is 17.9 Å². The van der Waals surface area contributed by atoms with E-state index in [4.69, 9.17) is 21.1 Å². The van der Waals surface area contributed by atoms with Crippen molar-refractivity contribution < 1.29 is 22.7 Å². The molecule has 9 heteroatoms. The van der Waals surface area contributed by atoms with Crippen LogP contribution in [0.1, 0.15) is 24.0 Å². The van der Waals surface area contributed by atoms with E-state index in [-0.39, 0.29) is 28.6 Å². The Bertz CT molecular complexity index is 1280. The van der Waals surface area contributed by atoms with Crippen LogP contribution >= 0.6 is 27.5 Å². The van der Waals surface area contributed by atoms with Crippen molar-refractivity contribution in [3.8, 4) is 11.5 Å². The van der Waals surface area contributed by atoms with Crippen molar-refractivity contribution in [2.75, 3.05) is 18.0 Å². The fraction of sp³-hybridized carbons (Fsp3) is 0.240. The predicted molar refractivity (Wildman–Crippen MR) is 137 cm³/mol. The summed E-state index contributed by atoms with van der Waals surface area (Å²) < 4.78 is 39.5. The van der Waals surface area contributed by atoms with Crippen LogP contribution in [0.3, 0.4) is 0 Å². The Kier molecular flexibility index (Phi) is 8.62. The van der Waals surface area contributed by atoms with Gasteiger partial charge in [0.05, 0.1) is 33.8 Å². The number of rotatable bonds is 9. The summed E-state index contributed by atoms with van der Waals surface area (Å²) in [5.41, 5.74) is 2.13. The largest absolute Gasteiger partial charge is 0.495 e. The number of ether oxygens (including phenoxy) is 2. The Balaban J connectivity index is 1.83. The first-order chi connectivity index (χ1) is 16.1. The van der Waals surface area contributed by atoms with Crippen molar-refractivity contribution in [3.05, 3.63) is 81.3 Å². The molecule has 0 saturated carbocycles. The first-order valence-corrected chi connectivity index (χ1v) is 13.1. The second-order valence-corrected chi connectivity index (χ2v) is 10.7. The standard InChI is InChI=1S/C25H25BrClNO5S/c1-17-6-10-20(11-7-17)34(30,31)28(19-9-13-24(32-3)22(27)16-19)25(29)5-4-14-33-23-12-8-18(2)15-21(23)26/h6-13,15-16H,4-5,14H2,1-3H3. The molecule has 0 heterocycles. The first-order valence-electron chi connectivity index (χ1n) is 10.5. The highest BCUT2D eigenvalue weighted by Crippen LogP contribution is 2.33. The zero-order chi connectivity index (χ0) is 24.9. The van der Waals surface area contributed by atoms with Crippen LogP contribution in [0.15, 0.2) is 70.0 Å². The topological polar surface area (TPSA) is 72.9 Å². The van der Waals surface area contributed by atoms with Crippen molar-refractivity contribution in [1.82, 2.24) is 0 Å². The smallest absolute Gasteiger partial charge is 0.270 e. The van der Waals surface area contributed by atoms with Crippen LogP contribution in [0.25, 0.3) is 0 Å². The van der Waals surface area contributed by atoms with Crippen molar-refractivity contribution in [1.29, 1.82) is 0 Å². The third-order valence-electron chi connectivity index (χ3n) is 5.04. The molecule has 0 radical (unpaired) electrons. The summed E-state index contributed by atoms with van der Waals surface area (Å²) in [7, 11) is -2.71. The molecule has 180 valence electrons. The molecule has 0 spiro atoms. The van der Waals surface area contributed by atoms with Gasteiger partial charge in [-0.15, -0.1) is 0 Å². The van der Waals surface area contributed by atoms with E-state index in [2.05, 4.69) is 15.9 Å². The lowest BCUT2D eigenvalue weighted by molar-refractivity contribution is -0.117. The quantitative estimate of drug-likeness (QED) is 0.284. The predicted octanol–water partition coefficient (Wildman–Crippen LogP) is 6.31. The summed E-state index contributed by atoms with van der Waals surface area (Å²) in [5, 5.41) is 0.199. The molecule has 0 aliphatic rings. The Hall–Kier alpha value is -2.55. The average Bonchev–Trinajstić information content (AvgIpc) is 2.78. The number of anilines is 1. The monoisotopic (exact) mass is 565 g/mol. The summed E-state index contributed by atoms with van der Waals surface area (Å²) in [6, 6.07) is 16.5. The van der Waals surface area contributed by atoms with Crippen LogP contribution in [0, 0.1) is 13.8 Å². The Morgan fingerprint density at radius 2 is 1.62 bits per heavy atom. The van der Waals surface area contributed by atoms with Gasteiger partial charge in [0.2, 0.25) is 5.91 Å². The van der Waals surface area contributed by atoms with Gasteiger partial charge in [0.1, 0.15) is 11.5 Å². The Labute approximate surface area is 213 Å². The molecular formula is C25H25BrClNO5S. The van der Waals surface area contributed by atoms with E-state index in [0.717, 1.165) is 19.9 Å². The van der Waals surface area contributed by atoms with Crippen LogP contribution in [0.5, 0.6) is 11.5 Å². The van der Waals surface area contributed by atoms with Gasteiger partial charge in [0, 0.05) is 6.42 Å². The highest BCUT2D eigenvalue weighted by atomic mass is 79.9. The lowest BCUT2D eigenvalue weighted by Gasteiger charge is -2.23. The molecule has 3 rings (SSSR count). The molecule has 34 heavy (non-hydrogen) atoms. The van der Waals surface area contributed by atoms with E-state index < -0.39 is 15.9 Å². The van der Waals surface area contributed by atoms with Crippen LogP contribution in [-0.4, -0.2) is 28.0 Å². The maximum absolute atomic E-state index is 13.5. The Morgan fingerprint density at radius 1 is 0.971 bits per heavy atom. The Morgan fingerprint density at radius 3 is 2.24 bits per heavy atom. The molecule has 0 bridgehead atoms. The summed E-state index contributed by atoms with van der Waals surface area (Å²) in [6.45, 7) is 4.08. The molecule has 3 aromatic rings. The van der Waals surface area contributed by atoms with Gasteiger partial charge >= 0.3 is 0 Å². The third-order valence-corrected chi connectivity index (χ3v) is 7.71. The van der Waals surface area contributed by atoms with Crippen LogP contribution in [0.4, 0.5) is 5.69 Å². The van der Waals surface area contributed by atoms with Crippen LogP contribution in [-0.2, 0) is 14.8 Å². The maximum Gasteiger partial charge on any atom is 0.270 e. The van der Waals surface area contributed by atoms with Gasteiger partial charge in [-0.3, -0.25) is 4.79 Å². The lowest BCUT2D eigenvalue weighted by Crippen LogP contribution is -2.37. The molecule has 0 N–H and O–H groups in total. The summed E-state index contributed by atoms with van der Waals surface area (Å²) >= 11 is 9.69. The second-order valence-electron chi connectivity index (χ2n) is 7.68. The van der Waals surface area contributed by atoms with Gasteiger partial charge in [-0.05, 0) is 84.2 Å². The number of benzene rings is 3. The van der Waals surface area contributed by atoms with E-state index in [9.17, 15) is 13.2 Å². The van der Waals surface area contributed by atoms with Crippen molar-refractivity contribution in [2.24, 2.45) is 0 Å². The van der Waals surface area contributed by atoms with Crippen molar-refractivity contribution in [2.45, 2.75) is 31.6 Å². The first kappa shape index (κ1) is 26.1. The molecular weight excluding hydrogens is 542 g/mol. The number of hydrogen-bond donors (Lipinski definition) is 0. The third kappa shape index (κ3) is 6.11. The molecule has 1 amide bonds. The molecule has 0 fully saturated rings. The van der Waals surface area contributed by atoms with Gasteiger partial charge in [0.15, 0.2) is 0 Å². The number of aryl methyl sites for hydroxylation is 2. The zero-order valence-corrected chi connectivity index (χ0v) is 22.2. The number of methoxy groups -OCH3 is 1. The molecule has 3 aromatic carbocycles. The second kappa shape index (κ2) is 11.3. The highest BCUT2D eigenvalue weighted by Gasteiger charge is 2.31. The number of carbonyl (C=O) groups excluding carboxylic acids is 1. The number of sulfonamides is 1. The molecule has 0 aliphatic carbocycles. The molecule has 0 atom stereocenters. The normalized spacial score (nSPS) is 11.2. The molecule has 6 nitrogen and oxygen atoms in total. The number of hydrogen-bond acceptors (Lipinski definition) is 5. The molecule has 0 aliphatic heterocycles. The van der Waals surface area contributed by atoms with E-state index in [1.54, 1.807) is 12.1 Å². The summed E-state index contributed by atoms with van der Waals surface area (Å²) in [5.74, 6) is 0.445. The minimum Gasteiger partial charge on any atom is -0.495 e. The highest BCUT2D eigenvalue weighted by molar-refractivity contribution is 9.10. The van der Waals surface area contributed by atoms with Gasteiger partial charge < -0.3 is 9.47 Å². The number of halogens is 2. The summed E-state index contributed by atoms with van der Waals surface area (Å²) in [6.07, 6.45) is 0.279. The SMILES string of the molecule is COc1ccc(N(C(=O)CCCOc2ccc(C)cc2Br)S(=O)(=O)c2ccc(C)cc2)cc1Cl. The summed E-state index contributed by atoms with van der Waals surface area (Å²) in [4.78, 5) is 13.2. The number of nitrogens with zero attached hydrogens (tertiary/aromatic N) is 1. The number of carbonyl (C=O) groups is 1. The van der Waals surface area contributed by atoms with Gasteiger partial charge in [-0.2, -0.15) is 0 Å². The van der Waals surface area contributed by atoms with E-state index in [1.807, 2.05) is 32.0 Å². The molecule has 0 saturated heterocycles. The number of amides is 1. The fourth-order valence-corrected chi connectivity index (χ4v) is 5.55. The van der Waals surface area contributed by atoms with Crippen molar-refractivity contribution in [3.63, 3.8) is 0 Å². The fourth-order valence-electron chi connectivity index (χ4n) is 3.24. The molecule has 0 aromatic heterocycles. The van der Waals surface area contributed by atoms with Crippen molar-refractivity contribution >= 4 is 49.1 Å². The van der Waals surface area contributed by atoms with Crippen LogP contribution in [0.2, 0.25) is 5.02 Å². The van der Waals surface area contributed by atoms with Gasteiger partial charge in [-0.1, -0.05) is 35.4 Å². The minimum atomic E-state index is -4.17. The lowest BCUT2D eigenvalue weighted by atomic mass is 10.2. The van der Waals surface area contributed by atoms with Crippen LogP contribution < -0.4 is 13.8 Å². The minimum absolute atomic E-state index is 0.0122. The zero-order valence-electron chi connectivity index (χ0n) is 19.0. The maximum atomic E-state index is 13.5. The molecule has 0 unspecified atom stereocenters. The van der Waals surface area contributed by atoms with E-state index in [1.165, 1.54) is 37.4 Å².